The maximum Gasteiger partial charge on any atom is 0.336 e. The first kappa shape index (κ1) is 18.4. The van der Waals surface area contributed by atoms with Crippen LogP contribution in [-0.4, -0.2) is 5.91 Å². The third-order valence-electron chi connectivity index (χ3n) is 5.26. The summed E-state index contributed by atoms with van der Waals surface area (Å²) in [6.07, 6.45) is 0. The summed E-state index contributed by atoms with van der Waals surface area (Å²) in [5, 5.41) is 6.36. The van der Waals surface area contributed by atoms with Crippen molar-refractivity contribution in [3.05, 3.63) is 86.4 Å². The van der Waals surface area contributed by atoms with Gasteiger partial charge in [0, 0.05) is 22.4 Å². The number of amides is 1. The predicted molar refractivity (Wildman–Crippen MR) is 119 cm³/mol. The highest BCUT2D eigenvalue weighted by atomic mass is 32.1. The summed E-state index contributed by atoms with van der Waals surface area (Å²) < 4.78 is 11.7. The van der Waals surface area contributed by atoms with Gasteiger partial charge in [0.2, 0.25) is 0 Å². The Kier molecular flexibility index (Phi) is 4.29. The molecule has 5 aromatic rings. The Morgan fingerprint density at radius 1 is 0.967 bits per heavy atom. The van der Waals surface area contributed by atoms with Crippen molar-refractivity contribution in [3.8, 4) is 11.3 Å². The van der Waals surface area contributed by atoms with E-state index in [0.29, 0.717) is 33.1 Å². The molecule has 3 aromatic heterocycles. The molecule has 6 heteroatoms. The van der Waals surface area contributed by atoms with Gasteiger partial charge in [-0.05, 0) is 48.6 Å². The van der Waals surface area contributed by atoms with Crippen LogP contribution in [-0.2, 0) is 0 Å². The molecule has 0 radical (unpaired) electrons. The Balaban J connectivity index is 1.79. The highest BCUT2D eigenvalue weighted by molar-refractivity contribution is 7.12. The number of benzene rings is 2. The second kappa shape index (κ2) is 7.00. The molecule has 0 aliphatic rings. The molecular formula is C24H17NO4S. The van der Waals surface area contributed by atoms with Crippen molar-refractivity contribution < 1.29 is 13.6 Å². The van der Waals surface area contributed by atoms with Gasteiger partial charge in [-0.1, -0.05) is 30.3 Å². The molecule has 5 rings (SSSR count). The Hall–Kier alpha value is -3.64. The number of furan rings is 1. The van der Waals surface area contributed by atoms with Gasteiger partial charge in [0.15, 0.2) is 5.76 Å². The molecule has 0 aliphatic heterocycles. The smallest absolute Gasteiger partial charge is 0.336 e. The molecule has 148 valence electrons. The molecule has 1 amide bonds. The van der Waals surface area contributed by atoms with Gasteiger partial charge in [-0.15, -0.1) is 11.3 Å². The third-order valence-corrected chi connectivity index (χ3v) is 6.12. The van der Waals surface area contributed by atoms with E-state index in [1.165, 1.54) is 17.4 Å². The number of aryl methyl sites for hydroxylation is 2. The van der Waals surface area contributed by atoms with E-state index in [-0.39, 0.29) is 5.91 Å². The lowest BCUT2D eigenvalue weighted by atomic mass is 10.0. The number of thiophene rings is 1. The molecule has 0 atom stereocenters. The van der Waals surface area contributed by atoms with Crippen LogP contribution >= 0.6 is 11.3 Å². The van der Waals surface area contributed by atoms with Crippen LogP contribution in [0.2, 0.25) is 0 Å². The summed E-state index contributed by atoms with van der Waals surface area (Å²) >= 11 is 1.36. The number of carbonyl (C=O) groups excluding carboxylic acids is 1. The summed E-state index contributed by atoms with van der Waals surface area (Å²) in [6.45, 7) is 3.89. The molecule has 2 aromatic carbocycles. The SMILES string of the molecule is Cc1ccc2c(-c3oc4ccccc4c3NC(=O)c3cccs3)cc(=O)oc2c1C. The van der Waals surface area contributed by atoms with Gasteiger partial charge in [0.05, 0.1) is 10.6 Å². The zero-order chi connectivity index (χ0) is 20.8. The Morgan fingerprint density at radius 3 is 2.60 bits per heavy atom. The van der Waals surface area contributed by atoms with Crippen LogP contribution in [0.15, 0.2) is 73.6 Å². The largest absolute Gasteiger partial charge is 0.454 e. The average Bonchev–Trinajstić information content (AvgIpc) is 3.39. The van der Waals surface area contributed by atoms with Gasteiger partial charge in [-0.2, -0.15) is 0 Å². The monoisotopic (exact) mass is 415 g/mol. The van der Waals surface area contributed by atoms with Crippen molar-refractivity contribution >= 4 is 44.9 Å². The zero-order valence-electron chi connectivity index (χ0n) is 16.3. The van der Waals surface area contributed by atoms with Crippen LogP contribution in [0.1, 0.15) is 20.8 Å². The van der Waals surface area contributed by atoms with E-state index < -0.39 is 5.63 Å². The minimum atomic E-state index is -0.470. The minimum absolute atomic E-state index is 0.225. The molecule has 0 spiro atoms. The van der Waals surface area contributed by atoms with E-state index in [4.69, 9.17) is 8.83 Å². The van der Waals surface area contributed by atoms with Crippen molar-refractivity contribution in [1.29, 1.82) is 0 Å². The van der Waals surface area contributed by atoms with E-state index in [0.717, 1.165) is 21.9 Å². The average molecular weight is 415 g/mol. The van der Waals surface area contributed by atoms with E-state index in [2.05, 4.69) is 5.32 Å². The number of hydrogen-bond acceptors (Lipinski definition) is 5. The molecule has 0 unspecified atom stereocenters. The first-order valence-corrected chi connectivity index (χ1v) is 10.3. The second-order valence-corrected chi connectivity index (χ2v) is 8.04. The number of anilines is 1. The third kappa shape index (κ3) is 2.93. The molecule has 0 saturated heterocycles. The number of para-hydroxylation sites is 1. The predicted octanol–water partition coefficient (Wildman–Crippen LogP) is 6.14. The van der Waals surface area contributed by atoms with Crippen molar-refractivity contribution in [2.75, 3.05) is 5.32 Å². The number of nitrogens with one attached hydrogen (secondary N) is 1. The maximum atomic E-state index is 12.8. The number of fused-ring (bicyclic) bond motifs is 2. The van der Waals surface area contributed by atoms with Gasteiger partial charge in [0.25, 0.3) is 5.91 Å². The number of rotatable bonds is 3. The van der Waals surface area contributed by atoms with E-state index >= 15 is 0 Å². The first-order chi connectivity index (χ1) is 14.5. The van der Waals surface area contributed by atoms with Crippen molar-refractivity contribution in [2.45, 2.75) is 13.8 Å². The fourth-order valence-corrected chi connectivity index (χ4v) is 4.21. The van der Waals surface area contributed by atoms with Gasteiger partial charge < -0.3 is 14.2 Å². The highest BCUT2D eigenvalue weighted by Crippen LogP contribution is 2.41. The molecule has 0 saturated carbocycles. The normalized spacial score (nSPS) is 11.3. The van der Waals surface area contributed by atoms with Crippen LogP contribution in [0, 0.1) is 13.8 Å². The van der Waals surface area contributed by atoms with Crippen molar-refractivity contribution in [2.24, 2.45) is 0 Å². The van der Waals surface area contributed by atoms with Gasteiger partial charge in [-0.3, -0.25) is 4.79 Å². The molecular weight excluding hydrogens is 398 g/mol. The van der Waals surface area contributed by atoms with Crippen molar-refractivity contribution in [3.63, 3.8) is 0 Å². The first-order valence-electron chi connectivity index (χ1n) is 9.44. The zero-order valence-corrected chi connectivity index (χ0v) is 17.1. The molecule has 5 nitrogen and oxygen atoms in total. The molecule has 1 N–H and O–H groups in total. The summed E-state index contributed by atoms with van der Waals surface area (Å²) in [5.74, 6) is 0.208. The Labute approximate surface area is 175 Å². The summed E-state index contributed by atoms with van der Waals surface area (Å²) in [4.78, 5) is 25.8. The molecule has 30 heavy (non-hydrogen) atoms. The quantitative estimate of drug-likeness (QED) is 0.359. The van der Waals surface area contributed by atoms with Crippen LogP contribution in [0.25, 0.3) is 33.3 Å². The fraction of sp³-hybridized carbons (Fsp3) is 0.0833. The van der Waals surface area contributed by atoms with Crippen LogP contribution in [0.5, 0.6) is 0 Å². The van der Waals surface area contributed by atoms with Gasteiger partial charge in [-0.25, -0.2) is 4.79 Å². The van der Waals surface area contributed by atoms with Crippen LogP contribution < -0.4 is 10.9 Å². The summed E-state index contributed by atoms with van der Waals surface area (Å²) in [5.41, 5.74) is 3.72. The van der Waals surface area contributed by atoms with Gasteiger partial charge in [0.1, 0.15) is 11.2 Å². The van der Waals surface area contributed by atoms with Crippen LogP contribution in [0.4, 0.5) is 5.69 Å². The van der Waals surface area contributed by atoms with E-state index in [9.17, 15) is 9.59 Å². The van der Waals surface area contributed by atoms with Crippen LogP contribution in [0.3, 0.4) is 0 Å². The highest BCUT2D eigenvalue weighted by Gasteiger charge is 2.22. The molecule has 3 heterocycles. The second-order valence-electron chi connectivity index (χ2n) is 7.10. The standard InChI is InChI=1S/C24H17NO4S/c1-13-9-10-15-17(12-20(26)29-22(15)14(13)2)23-21(16-6-3-4-7-18(16)28-23)25-24(27)19-8-5-11-30-19/h3-12H,1-2H3,(H,25,27). The molecule has 0 aliphatic carbocycles. The maximum absolute atomic E-state index is 12.8. The Bertz CT molecular complexity index is 1470. The van der Waals surface area contributed by atoms with E-state index in [1.807, 2.05) is 61.7 Å². The van der Waals surface area contributed by atoms with Crippen molar-refractivity contribution in [1.82, 2.24) is 0 Å². The lowest BCUT2D eigenvalue weighted by Crippen LogP contribution is -2.10. The minimum Gasteiger partial charge on any atom is -0.454 e. The summed E-state index contributed by atoms with van der Waals surface area (Å²) in [7, 11) is 0. The summed E-state index contributed by atoms with van der Waals surface area (Å²) in [6, 6.07) is 16.4. The molecule has 0 fully saturated rings. The van der Waals surface area contributed by atoms with E-state index in [1.54, 1.807) is 6.07 Å². The molecule has 0 bridgehead atoms. The Morgan fingerprint density at radius 2 is 1.80 bits per heavy atom. The number of hydrogen-bond donors (Lipinski definition) is 1. The number of carbonyl (C=O) groups is 1. The lowest BCUT2D eigenvalue weighted by Gasteiger charge is -2.09. The van der Waals surface area contributed by atoms with Gasteiger partial charge >= 0.3 is 5.63 Å². The lowest BCUT2D eigenvalue weighted by molar-refractivity contribution is 0.103. The fourth-order valence-electron chi connectivity index (χ4n) is 3.59. The topological polar surface area (TPSA) is 72.5 Å².